The number of esters is 1. The Kier molecular flexibility index (Phi) is 3.62. The van der Waals surface area contributed by atoms with E-state index in [1.165, 1.54) is 13.3 Å². The van der Waals surface area contributed by atoms with Crippen LogP contribution in [0.1, 0.15) is 21.7 Å². The van der Waals surface area contributed by atoms with Gasteiger partial charge in [0, 0.05) is 12.4 Å². The van der Waals surface area contributed by atoms with Crippen LogP contribution in [0, 0.1) is 6.92 Å². The quantitative estimate of drug-likeness (QED) is 0.798. The van der Waals surface area contributed by atoms with Crippen molar-refractivity contribution < 1.29 is 9.53 Å². The maximum atomic E-state index is 11.2. The fraction of sp³-hybridized carbons (Fsp3) is 0.250. The molecule has 2 aromatic rings. The van der Waals surface area contributed by atoms with E-state index < -0.39 is 5.97 Å². The molecule has 18 heavy (non-hydrogen) atoms. The van der Waals surface area contributed by atoms with Crippen molar-refractivity contribution in [2.75, 3.05) is 7.11 Å². The summed E-state index contributed by atoms with van der Waals surface area (Å²) in [5.74, 6) is -0.396. The minimum Gasteiger partial charge on any atom is -0.465 e. The standard InChI is InChI=1S/C12H12ClN3O2/c1-8-11(13)7-16(15-8)6-10-4-3-9(5-14-10)12(17)18-2/h3-5,7H,6H2,1-2H3. The Morgan fingerprint density at radius 2 is 2.28 bits per heavy atom. The van der Waals surface area contributed by atoms with Gasteiger partial charge in [-0.3, -0.25) is 9.67 Å². The number of rotatable bonds is 3. The second kappa shape index (κ2) is 5.18. The molecule has 0 bridgehead atoms. The van der Waals surface area contributed by atoms with Crippen LogP contribution in [0.3, 0.4) is 0 Å². The molecule has 0 spiro atoms. The van der Waals surface area contributed by atoms with E-state index in [1.54, 1.807) is 23.0 Å². The van der Waals surface area contributed by atoms with Gasteiger partial charge in [-0.1, -0.05) is 11.6 Å². The second-order valence-corrected chi connectivity index (χ2v) is 4.20. The molecule has 0 unspecified atom stereocenters. The van der Waals surface area contributed by atoms with E-state index in [0.717, 1.165) is 11.4 Å². The number of carbonyl (C=O) groups is 1. The summed E-state index contributed by atoms with van der Waals surface area (Å²) in [5.41, 5.74) is 2.00. The fourth-order valence-electron chi connectivity index (χ4n) is 1.50. The van der Waals surface area contributed by atoms with Crippen LogP contribution in [0.2, 0.25) is 5.02 Å². The number of pyridine rings is 1. The molecule has 2 heterocycles. The van der Waals surface area contributed by atoms with Crippen LogP contribution in [-0.4, -0.2) is 27.8 Å². The third-order valence-electron chi connectivity index (χ3n) is 2.46. The average molecular weight is 266 g/mol. The molecule has 2 rings (SSSR count). The molecule has 0 fully saturated rings. The van der Waals surface area contributed by atoms with Gasteiger partial charge >= 0.3 is 5.97 Å². The maximum Gasteiger partial charge on any atom is 0.339 e. The normalized spacial score (nSPS) is 10.4. The number of aromatic nitrogens is 3. The first-order valence-corrected chi connectivity index (χ1v) is 5.70. The third-order valence-corrected chi connectivity index (χ3v) is 2.83. The SMILES string of the molecule is COC(=O)c1ccc(Cn2cc(Cl)c(C)n2)nc1. The second-order valence-electron chi connectivity index (χ2n) is 3.79. The molecular formula is C12H12ClN3O2. The summed E-state index contributed by atoms with van der Waals surface area (Å²) in [6.07, 6.45) is 3.23. The maximum absolute atomic E-state index is 11.2. The molecule has 2 aromatic heterocycles. The molecule has 0 saturated heterocycles. The van der Waals surface area contributed by atoms with Gasteiger partial charge in [-0.05, 0) is 19.1 Å². The summed E-state index contributed by atoms with van der Waals surface area (Å²) < 4.78 is 6.31. The predicted molar refractivity (Wildman–Crippen MR) is 66.7 cm³/mol. The number of hydrogen-bond donors (Lipinski definition) is 0. The highest BCUT2D eigenvalue weighted by Crippen LogP contribution is 2.13. The molecule has 0 aliphatic carbocycles. The molecule has 0 aliphatic heterocycles. The largest absolute Gasteiger partial charge is 0.465 e. The number of nitrogens with zero attached hydrogens (tertiary/aromatic N) is 3. The Labute approximate surface area is 109 Å². The molecule has 0 aliphatic rings. The van der Waals surface area contributed by atoms with Crippen LogP contribution in [0.25, 0.3) is 0 Å². The van der Waals surface area contributed by atoms with Crippen molar-refractivity contribution in [1.82, 2.24) is 14.8 Å². The molecule has 0 radical (unpaired) electrons. The molecule has 0 aromatic carbocycles. The Morgan fingerprint density at radius 3 is 2.78 bits per heavy atom. The smallest absolute Gasteiger partial charge is 0.339 e. The van der Waals surface area contributed by atoms with E-state index in [9.17, 15) is 4.79 Å². The van der Waals surface area contributed by atoms with Crippen molar-refractivity contribution in [3.05, 3.63) is 46.5 Å². The summed E-state index contributed by atoms with van der Waals surface area (Å²) in [4.78, 5) is 15.4. The van der Waals surface area contributed by atoms with Crippen LogP contribution >= 0.6 is 11.6 Å². The van der Waals surface area contributed by atoms with E-state index in [4.69, 9.17) is 11.6 Å². The van der Waals surface area contributed by atoms with E-state index in [0.29, 0.717) is 17.1 Å². The number of carbonyl (C=O) groups excluding carboxylic acids is 1. The summed E-state index contributed by atoms with van der Waals surface area (Å²) in [6, 6.07) is 3.43. The van der Waals surface area contributed by atoms with Gasteiger partial charge < -0.3 is 4.74 Å². The van der Waals surface area contributed by atoms with Gasteiger partial charge in [0.2, 0.25) is 0 Å². The molecule has 0 amide bonds. The monoisotopic (exact) mass is 265 g/mol. The number of aryl methyl sites for hydroxylation is 1. The van der Waals surface area contributed by atoms with Crippen LogP contribution in [0.5, 0.6) is 0 Å². The van der Waals surface area contributed by atoms with Crippen LogP contribution in [0.4, 0.5) is 0 Å². The molecule has 5 nitrogen and oxygen atoms in total. The highest BCUT2D eigenvalue weighted by Gasteiger charge is 2.07. The molecule has 0 saturated carbocycles. The lowest BCUT2D eigenvalue weighted by molar-refractivity contribution is 0.0600. The first kappa shape index (κ1) is 12.6. The summed E-state index contributed by atoms with van der Waals surface area (Å²) in [7, 11) is 1.34. The van der Waals surface area contributed by atoms with Gasteiger partial charge in [-0.25, -0.2) is 4.79 Å². The van der Waals surface area contributed by atoms with Gasteiger partial charge in [-0.2, -0.15) is 5.10 Å². The van der Waals surface area contributed by atoms with Crippen molar-refractivity contribution in [1.29, 1.82) is 0 Å². The average Bonchev–Trinajstić information content (AvgIpc) is 2.68. The zero-order chi connectivity index (χ0) is 13.1. The minimum absolute atomic E-state index is 0.396. The van der Waals surface area contributed by atoms with Gasteiger partial charge in [-0.15, -0.1) is 0 Å². The molecular weight excluding hydrogens is 254 g/mol. The Morgan fingerprint density at radius 1 is 1.50 bits per heavy atom. The predicted octanol–water partition coefficient (Wildman–Crippen LogP) is 2.07. The topological polar surface area (TPSA) is 57.0 Å². The van der Waals surface area contributed by atoms with Crippen molar-refractivity contribution in [2.24, 2.45) is 0 Å². The van der Waals surface area contributed by atoms with Gasteiger partial charge in [0.25, 0.3) is 0 Å². The first-order valence-electron chi connectivity index (χ1n) is 5.33. The van der Waals surface area contributed by atoms with Crippen molar-refractivity contribution >= 4 is 17.6 Å². The van der Waals surface area contributed by atoms with E-state index in [-0.39, 0.29) is 0 Å². The Balaban J connectivity index is 2.13. The van der Waals surface area contributed by atoms with Crippen LogP contribution in [-0.2, 0) is 11.3 Å². The number of methoxy groups -OCH3 is 1. The lowest BCUT2D eigenvalue weighted by Gasteiger charge is -2.02. The Bertz CT molecular complexity index is 544. The van der Waals surface area contributed by atoms with E-state index >= 15 is 0 Å². The van der Waals surface area contributed by atoms with Gasteiger partial charge in [0.1, 0.15) is 0 Å². The molecule has 94 valence electrons. The molecule has 0 atom stereocenters. The minimum atomic E-state index is -0.396. The summed E-state index contributed by atoms with van der Waals surface area (Å²) in [6.45, 7) is 2.35. The highest BCUT2D eigenvalue weighted by atomic mass is 35.5. The third kappa shape index (κ3) is 2.68. The molecule has 0 N–H and O–H groups in total. The van der Waals surface area contributed by atoms with E-state index in [2.05, 4.69) is 14.8 Å². The van der Waals surface area contributed by atoms with Crippen LogP contribution < -0.4 is 0 Å². The number of hydrogen-bond acceptors (Lipinski definition) is 4. The van der Waals surface area contributed by atoms with E-state index in [1.807, 2.05) is 6.92 Å². The lowest BCUT2D eigenvalue weighted by atomic mass is 10.2. The van der Waals surface area contributed by atoms with Crippen molar-refractivity contribution in [2.45, 2.75) is 13.5 Å². The zero-order valence-electron chi connectivity index (χ0n) is 10.1. The lowest BCUT2D eigenvalue weighted by Crippen LogP contribution is -2.05. The van der Waals surface area contributed by atoms with Crippen molar-refractivity contribution in [3.63, 3.8) is 0 Å². The first-order chi connectivity index (χ1) is 8.60. The molecule has 6 heteroatoms. The van der Waals surface area contributed by atoms with Crippen molar-refractivity contribution in [3.8, 4) is 0 Å². The highest BCUT2D eigenvalue weighted by molar-refractivity contribution is 6.31. The Hall–Kier alpha value is -1.88. The number of halogens is 1. The number of ether oxygens (including phenoxy) is 1. The summed E-state index contributed by atoms with van der Waals surface area (Å²) in [5, 5.41) is 4.86. The fourth-order valence-corrected chi connectivity index (χ4v) is 1.65. The zero-order valence-corrected chi connectivity index (χ0v) is 10.8. The summed E-state index contributed by atoms with van der Waals surface area (Å²) >= 11 is 5.92. The van der Waals surface area contributed by atoms with Gasteiger partial charge in [0.15, 0.2) is 0 Å². The van der Waals surface area contributed by atoms with Gasteiger partial charge in [0.05, 0.1) is 35.6 Å². The van der Waals surface area contributed by atoms with Crippen LogP contribution in [0.15, 0.2) is 24.5 Å².